The number of anilines is 1. The number of amides is 1. The van der Waals surface area contributed by atoms with Gasteiger partial charge in [0.2, 0.25) is 0 Å². The molecule has 1 amide bonds. The first kappa shape index (κ1) is 39.6. The molecular formula is C41H58ClN5O6S. The predicted molar refractivity (Wildman–Crippen MR) is 212 cm³/mol. The molecule has 2 aromatic rings. The zero-order valence-electron chi connectivity index (χ0n) is 32.2. The first-order valence-corrected chi connectivity index (χ1v) is 21.5. The van der Waals surface area contributed by atoms with E-state index in [1.165, 1.54) is 24.0 Å². The summed E-state index contributed by atoms with van der Waals surface area (Å²) in [5.41, 5.74) is 2.69. The summed E-state index contributed by atoms with van der Waals surface area (Å²) in [7, 11) is 1.81. The third kappa shape index (κ3) is 9.01. The van der Waals surface area contributed by atoms with Crippen LogP contribution in [0.15, 0.2) is 42.5 Å². The average Bonchev–Trinajstić information content (AvgIpc) is 3.29. The number of allylic oxidation sites excluding steroid dienone is 2. The first-order chi connectivity index (χ1) is 26.3. The molecule has 3 fully saturated rings. The molecule has 6 aliphatic rings. The van der Waals surface area contributed by atoms with Crippen LogP contribution < -0.4 is 14.4 Å². The van der Waals surface area contributed by atoms with Crippen LogP contribution in [0.2, 0.25) is 5.02 Å². The molecule has 4 aliphatic heterocycles. The van der Waals surface area contributed by atoms with Crippen molar-refractivity contribution in [2.45, 2.75) is 75.0 Å². The lowest BCUT2D eigenvalue weighted by Crippen LogP contribution is -2.56. The summed E-state index contributed by atoms with van der Waals surface area (Å²) < 4.78 is 33.2. The summed E-state index contributed by atoms with van der Waals surface area (Å²) >= 11 is 6.41. The number of nitrogens with zero attached hydrogens (tertiary/aromatic N) is 4. The lowest BCUT2D eigenvalue weighted by atomic mass is 9.69. The molecule has 1 N–H and O–H groups in total. The topological polar surface area (TPSA) is 106 Å². The molecule has 296 valence electrons. The Balaban J connectivity index is 0.000000317. The van der Waals surface area contributed by atoms with E-state index >= 15 is 0 Å². The van der Waals surface area contributed by atoms with Gasteiger partial charge in [-0.05, 0) is 105 Å². The number of hydrogen-bond acceptors (Lipinski definition) is 10. The Hall–Kier alpha value is -2.58. The number of carbonyl (C=O) groups excluding carboxylic acids is 1. The Kier molecular flexibility index (Phi) is 13.3. The molecule has 6 atom stereocenters. The van der Waals surface area contributed by atoms with Crippen LogP contribution >= 0.6 is 11.6 Å². The minimum Gasteiger partial charge on any atom is -0.489 e. The van der Waals surface area contributed by atoms with Gasteiger partial charge in [-0.1, -0.05) is 36.7 Å². The molecule has 2 bridgehead atoms. The maximum absolute atomic E-state index is 13.5. The molecular weight excluding hydrogens is 726 g/mol. The number of piperazine rings is 1. The van der Waals surface area contributed by atoms with Crippen LogP contribution in [0.3, 0.4) is 0 Å². The monoisotopic (exact) mass is 783 g/mol. The van der Waals surface area contributed by atoms with E-state index in [1.54, 1.807) is 20.3 Å². The largest absolute Gasteiger partial charge is 0.489 e. The fraction of sp³-hybridized carbons (Fsp3) is 0.659. The summed E-state index contributed by atoms with van der Waals surface area (Å²) in [6, 6.07) is 10.5. The average molecular weight is 784 g/mol. The molecule has 13 heteroatoms. The fourth-order valence-corrected chi connectivity index (χ4v) is 10.5. The van der Waals surface area contributed by atoms with Gasteiger partial charge in [-0.15, -0.1) is 0 Å². The van der Waals surface area contributed by atoms with Gasteiger partial charge in [0.05, 0.1) is 38.2 Å². The summed E-state index contributed by atoms with van der Waals surface area (Å²) in [4.78, 5) is 28.4. The molecule has 5 unspecified atom stereocenters. The first-order valence-electron chi connectivity index (χ1n) is 19.9. The Morgan fingerprint density at radius 3 is 2.57 bits per heavy atom. The van der Waals surface area contributed by atoms with Gasteiger partial charge >= 0.3 is 0 Å². The minimum absolute atomic E-state index is 0.135. The molecule has 1 aromatic carbocycles. The molecule has 11 nitrogen and oxygen atoms in total. The van der Waals surface area contributed by atoms with E-state index in [0.29, 0.717) is 49.1 Å². The number of hydrogen-bond donors (Lipinski definition) is 1. The Morgan fingerprint density at radius 1 is 1.06 bits per heavy atom. The fourth-order valence-electron chi connectivity index (χ4n) is 9.05. The van der Waals surface area contributed by atoms with Crippen molar-refractivity contribution in [3.8, 4) is 5.75 Å². The number of rotatable bonds is 5. The van der Waals surface area contributed by atoms with Crippen molar-refractivity contribution >= 4 is 34.3 Å². The second-order valence-corrected chi connectivity index (χ2v) is 17.9. The van der Waals surface area contributed by atoms with Crippen molar-refractivity contribution in [3.05, 3.63) is 64.3 Å². The summed E-state index contributed by atoms with van der Waals surface area (Å²) in [5, 5.41) is 2.56. The molecule has 1 spiro atoms. The van der Waals surface area contributed by atoms with E-state index in [1.807, 2.05) is 17.2 Å². The molecule has 5 heterocycles. The van der Waals surface area contributed by atoms with Gasteiger partial charge in [-0.25, -0.2) is 9.19 Å². The van der Waals surface area contributed by atoms with E-state index in [-0.39, 0.29) is 22.3 Å². The van der Waals surface area contributed by atoms with Crippen LogP contribution in [-0.2, 0) is 37.1 Å². The van der Waals surface area contributed by atoms with Gasteiger partial charge in [0.25, 0.3) is 5.91 Å². The van der Waals surface area contributed by atoms with Gasteiger partial charge in [0.1, 0.15) is 16.7 Å². The predicted octanol–water partition coefficient (Wildman–Crippen LogP) is 5.58. The normalized spacial score (nSPS) is 31.3. The maximum Gasteiger partial charge on any atom is 0.281 e. The second-order valence-electron chi connectivity index (χ2n) is 16.0. The summed E-state index contributed by atoms with van der Waals surface area (Å²) in [6.45, 7) is 10.9. The highest BCUT2D eigenvalue weighted by molar-refractivity contribution is 7.84. The van der Waals surface area contributed by atoms with Gasteiger partial charge in [0, 0.05) is 63.4 Å². The Bertz CT molecular complexity index is 1650. The van der Waals surface area contributed by atoms with Crippen molar-refractivity contribution in [1.29, 1.82) is 0 Å². The number of benzene rings is 1. The number of fused-ring (bicyclic) bond motifs is 4. The van der Waals surface area contributed by atoms with E-state index in [2.05, 4.69) is 45.7 Å². The molecule has 2 saturated heterocycles. The standard InChI is InChI=1S/C33H42ClN3O4S.C8H16N2O2/c1-22-6-3-4-7-23-9-10-25(23)19-37-20-33(16-5-8-24-18-26(34)11-12-27(24)33)21-41-29-14-13-28(35-31(29)37)32(38)36-42(39)30(22)15-17-40-2;1-11-10-4-2-9(3-5-10)8-6-12-7-8/h3-4,11-14,18,22-23,25,30H,5-10,15-17,19-21H2,1-2H3,(H,36,38);8H,2-7H2,1H3/b4-3+;/t22?,23?,25?,30?,33-,42?;/m0./s1. The zero-order valence-corrected chi connectivity index (χ0v) is 33.8. The van der Waals surface area contributed by atoms with Crippen LogP contribution in [0.4, 0.5) is 5.82 Å². The van der Waals surface area contributed by atoms with Crippen LogP contribution in [0.5, 0.6) is 5.75 Å². The SMILES string of the molecule is COCCC1C(C)C/C=C/CC2CCC2CN2C[C@@]3(CCCc4cc(Cl)ccc43)COc3ccc(nc32)C(=O)NS1=O.CON1CCN(C2COC2)CC1. The molecule has 8 rings (SSSR count). The van der Waals surface area contributed by atoms with Gasteiger partial charge in [-0.2, -0.15) is 5.06 Å². The third-order valence-electron chi connectivity index (χ3n) is 12.6. The number of halogens is 1. The van der Waals surface area contributed by atoms with Crippen molar-refractivity contribution in [2.24, 2.45) is 17.8 Å². The lowest BCUT2D eigenvalue weighted by molar-refractivity contribution is -0.168. The van der Waals surface area contributed by atoms with Crippen LogP contribution in [-0.4, -0.2) is 116 Å². The van der Waals surface area contributed by atoms with Crippen LogP contribution in [0.25, 0.3) is 0 Å². The number of methoxy groups -OCH3 is 1. The maximum atomic E-state index is 13.5. The van der Waals surface area contributed by atoms with Gasteiger partial charge < -0.3 is 23.9 Å². The number of ether oxygens (including phenoxy) is 3. The van der Waals surface area contributed by atoms with E-state index in [4.69, 9.17) is 35.6 Å². The molecule has 2 aliphatic carbocycles. The lowest BCUT2D eigenvalue weighted by Gasteiger charge is -2.44. The highest BCUT2D eigenvalue weighted by atomic mass is 35.5. The van der Waals surface area contributed by atoms with Crippen molar-refractivity contribution in [1.82, 2.24) is 19.7 Å². The van der Waals surface area contributed by atoms with E-state index < -0.39 is 16.9 Å². The minimum atomic E-state index is -1.57. The number of nitrogens with one attached hydrogen (secondary N) is 1. The quantitative estimate of drug-likeness (QED) is 0.387. The summed E-state index contributed by atoms with van der Waals surface area (Å²) in [6.07, 6.45) is 12.6. The molecule has 54 heavy (non-hydrogen) atoms. The highest BCUT2D eigenvalue weighted by Crippen LogP contribution is 2.46. The van der Waals surface area contributed by atoms with Crippen LogP contribution in [0.1, 0.15) is 73.5 Å². The second kappa shape index (κ2) is 18.1. The molecule has 1 saturated carbocycles. The van der Waals surface area contributed by atoms with Crippen molar-refractivity contribution < 1.29 is 28.1 Å². The van der Waals surface area contributed by atoms with Crippen molar-refractivity contribution in [2.75, 3.05) is 84.8 Å². The zero-order chi connectivity index (χ0) is 37.7. The number of carbonyl (C=O) groups is 1. The Morgan fingerprint density at radius 2 is 1.85 bits per heavy atom. The highest BCUT2D eigenvalue weighted by Gasteiger charge is 2.44. The number of aryl methyl sites for hydroxylation is 1. The smallest absolute Gasteiger partial charge is 0.281 e. The number of aromatic nitrogens is 1. The van der Waals surface area contributed by atoms with E-state index in [9.17, 15) is 9.00 Å². The third-order valence-corrected chi connectivity index (χ3v) is 14.5. The Labute approximate surface area is 328 Å². The number of pyridine rings is 1. The van der Waals surface area contributed by atoms with E-state index in [0.717, 1.165) is 89.6 Å². The summed E-state index contributed by atoms with van der Waals surface area (Å²) in [5.74, 6) is 2.30. The van der Waals surface area contributed by atoms with Crippen LogP contribution in [0, 0.1) is 17.8 Å². The van der Waals surface area contributed by atoms with Gasteiger partial charge in [-0.3, -0.25) is 14.4 Å². The van der Waals surface area contributed by atoms with Crippen molar-refractivity contribution in [3.63, 3.8) is 0 Å². The molecule has 0 radical (unpaired) electrons. The van der Waals surface area contributed by atoms with Gasteiger partial charge in [0.15, 0.2) is 11.6 Å². The molecule has 1 aromatic heterocycles. The number of hydroxylamine groups is 2.